The quantitative estimate of drug-likeness (QED) is 0.526. The molecule has 0 unspecified atom stereocenters. The van der Waals surface area contributed by atoms with E-state index >= 15 is 0 Å². The number of rotatable bonds is 6. The molecule has 0 aromatic heterocycles. The molecule has 2 aliphatic rings. The molecule has 1 aliphatic carbocycles. The summed E-state index contributed by atoms with van der Waals surface area (Å²) in [6.07, 6.45) is 4.98. The van der Waals surface area contributed by atoms with Gasteiger partial charge in [0, 0.05) is 43.4 Å². The fourth-order valence-corrected chi connectivity index (χ4v) is 6.62. The van der Waals surface area contributed by atoms with Crippen molar-refractivity contribution in [2.24, 2.45) is 23.7 Å². The van der Waals surface area contributed by atoms with Crippen LogP contribution in [0, 0.1) is 29.5 Å². The molecule has 1 aromatic rings. The maximum atomic E-state index is 14.0. The summed E-state index contributed by atoms with van der Waals surface area (Å²) in [6.45, 7) is 2.18. The Labute approximate surface area is 245 Å². The second-order valence-corrected chi connectivity index (χ2v) is 12.2. The van der Waals surface area contributed by atoms with Gasteiger partial charge in [-0.2, -0.15) is 0 Å². The van der Waals surface area contributed by atoms with Gasteiger partial charge in [0.25, 0.3) is 0 Å². The van der Waals surface area contributed by atoms with Crippen molar-refractivity contribution in [2.75, 3.05) is 38.7 Å². The predicted molar refractivity (Wildman–Crippen MR) is 154 cm³/mol. The van der Waals surface area contributed by atoms with Crippen LogP contribution in [0.2, 0.25) is 0 Å². The van der Waals surface area contributed by atoms with E-state index in [4.69, 9.17) is 9.47 Å². The van der Waals surface area contributed by atoms with E-state index in [1.165, 1.54) is 19.1 Å². The molecule has 1 aromatic carbocycles. The lowest BCUT2D eigenvalue weighted by atomic mass is 9.82. The summed E-state index contributed by atoms with van der Waals surface area (Å²) >= 11 is 0.929. The Balaban J connectivity index is 1.83. The van der Waals surface area contributed by atoms with Crippen LogP contribution in [-0.2, 0) is 39.9 Å². The highest BCUT2D eigenvalue weighted by atomic mass is 32.2. The minimum Gasteiger partial charge on any atom is -0.377 e. The Kier molecular flexibility index (Phi) is 14.1. The second-order valence-electron chi connectivity index (χ2n) is 11.2. The normalized spacial score (nSPS) is 25.3. The number of nitrogens with one attached hydrogen (secondary N) is 1. The van der Waals surface area contributed by atoms with Crippen LogP contribution in [0.15, 0.2) is 24.3 Å². The Hall–Kier alpha value is -2.43. The molecule has 1 heterocycles. The molecule has 0 radical (unpaired) electrons. The Morgan fingerprint density at radius 3 is 2.49 bits per heavy atom. The van der Waals surface area contributed by atoms with Gasteiger partial charge in [0.15, 0.2) is 10.9 Å². The number of carbonyl (C=O) groups excluding carboxylic acids is 5. The molecule has 1 N–H and O–H groups in total. The van der Waals surface area contributed by atoms with Gasteiger partial charge in [-0.15, -0.1) is 0 Å². The number of carbonyl (C=O) groups is 5. The number of benzene rings is 1. The van der Waals surface area contributed by atoms with Crippen LogP contribution in [0.25, 0.3) is 0 Å². The van der Waals surface area contributed by atoms with Crippen LogP contribution in [0.4, 0.5) is 4.39 Å². The number of halogens is 1. The summed E-state index contributed by atoms with van der Waals surface area (Å²) in [5.41, 5.74) is 0.588. The number of thioether (sulfide) groups is 1. The lowest BCUT2D eigenvalue weighted by Crippen LogP contribution is -2.36. The average molecular weight is 592 g/mol. The van der Waals surface area contributed by atoms with Gasteiger partial charge >= 0.3 is 0 Å². The molecule has 3 rings (SSSR count). The monoisotopic (exact) mass is 591 g/mol. The SMILES string of the molecule is CC(=O)C[C@H]1CSC(=O)[C@H](Cc2cccc(F)c2)CC(=O)[C@H](CC2CCCC2)CC(=O)COCCOCCNC1=O. The van der Waals surface area contributed by atoms with Crippen LogP contribution in [-0.4, -0.2) is 67.1 Å². The van der Waals surface area contributed by atoms with Gasteiger partial charge in [-0.25, -0.2) is 4.39 Å². The molecule has 3 atom stereocenters. The highest BCUT2D eigenvalue weighted by molar-refractivity contribution is 8.13. The molecular weight excluding hydrogens is 549 g/mol. The van der Waals surface area contributed by atoms with E-state index in [0.717, 1.165) is 37.4 Å². The summed E-state index contributed by atoms with van der Waals surface area (Å²) in [7, 11) is 0. The van der Waals surface area contributed by atoms with Crippen molar-refractivity contribution in [1.82, 2.24) is 5.32 Å². The van der Waals surface area contributed by atoms with Gasteiger partial charge in [-0.1, -0.05) is 49.6 Å². The zero-order chi connectivity index (χ0) is 29.6. The molecule has 10 heteroatoms. The number of ether oxygens (including phenoxy) is 2. The van der Waals surface area contributed by atoms with Crippen LogP contribution < -0.4 is 5.32 Å². The summed E-state index contributed by atoms with van der Waals surface area (Å²) in [6, 6.07) is 5.94. The molecule has 0 bridgehead atoms. The predicted octanol–water partition coefficient (Wildman–Crippen LogP) is 4.12. The first-order chi connectivity index (χ1) is 19.7. The summed E-state index contributed by atoms with van der Waals surface area (Å²) in [5.74, 6) is -2.82. The van der Waals surface area contributed by atoms with Gasteiger partial charge in [0.1, 0.15) is 24.0 Å². The number of amides is 1. The molecule has 1 aliphatic heterocycles. The summed E-state index contributed by atoms with van der Waals surface area (Å²) in [4.78, 5) is 64.7. The van der Waals surface area contributed by atoms with Crippen molar-refractivity contribution in [3.63, 3.8) is 0 Å². The lowest BCUT2D eigenvalue weighted by molar-refractivity contribution is -0.132. The Morgan fingerprint density at radius 2 is 1.76 bits per heavy atom. The third kappa shape index (κ3) is 12.1. The number of hydrogen-bond acceptors (Lipinski definition) is 8. The van der Waals surface area contributed by atoms with Crippen molar-refractivity contribution >= 4 is 40.1 Å². The van der Waals surface area contributed by atoms with E-state index in [9.17, 15) is 28.4 Å². The van der Waals surface area contributed by atoms with E-state index in [0.29, 0.717) is 17.9 Å². The fourth-order valence-electron chi connectivity index (χ4n) is 5.58. The number of ketones is 3. The van der Waals surface area contributed by atoms with E-state index in [2.05, 4.69) is 5.32 Å². The minimum absolute atomic E-state index is 0.0140. The van der Waals surface area contributed by atoms with Crippen LogP contribution in [0.5, 0.6) is 0 Å². The smallest absolute Gasteiger partial charge is 0.224 e. The van der Waals surface area contributed by atoms with E-state index in [-0.39, 0.29) is 92.8 Å². The highest BCUT2D eigenvalue weighted by Gasteiger charge is 2.32. The topological polar surface area (TPSA) is 116 Å². The first-order valence-corrected chi connectivity index (χ1v) is 15.6. The standard InChI is InChI=1S/C31H42FNO7S/c1-21(34)13-26-20-41-31(38)25(15-23-7-4-8-27(32)16-23)18-29(36)24(14-22-5-2-3-6-22)17-28(35)19-40-12-11-39-10-9-33-30(26)37/h4,7-8,16,22,24-26H,2-3,5-6,9-15,17-20H2,1H3,(H,33,37)/t24-,25-,26+/m1/s1. The number of hydrogen-bond donors (Lipinski definition) is 1. The maximum Gasteiger partial charge on any atom is 0.224 e. The molecular formula is C31H42FNO7S. The first kappa shape index (κ1) is 33.1. The van der Waals surface area contributed by atoms with Crippen LogP contribution in [0.1, 0.15) is 63.9 Å². The third-order valence-corrected chi connectivity index (χ3v) is 8.87. The van der Waals surface area contributed by atoms with Gasteiger partial charge in [-0.05, 0) is 43.4 Å². The Morgan fingerprint density at radius 1 is 1.00 bits per heavy atom. The first-order valence-electron chi connectivity index (χ1n) is 14.6. The lowest BCUT2D eigenvalue weighted by Gasteiger charge is -2.22. The van der Waals surface area contributed by atoms with Gasteiger partial charge in [-0.3, -0.25) is 19.2 Å². The zero-order valence-electron chi connectivity index (χ0n) is 23.9. The van der Waals surface area contributed by atoms with Crippen molar-refractivity contribution in [2.45, 2.75) is 64.7 Å². The van der Waals surface area contributed by atoms with Crippen molar-refractivity contribution in [1.29, 1.82) is 0 Å². The van der Waals surface area contributed by atoms with E-state index < -0.39 is 23.6 Å². The largest absolute Gasteiger partial charge is 0.377 e. The molecule has 41 heavy (non-hydrogen) atoms. The maximum absolute atomic E-state index is 14.0. The molecule has 0 spiro atoms. The molecule has 1 saturated carbocycles. The Bertz CT molecular complexity index is 1060. The van der Waals surface area contributed by atoms with Crippen molar-refractivity contribution in [3.05, 3.63) is 35.6 Å². The van der Waals surface area contributed by atoms with E-state index in [1.807, 2.05) is 0 Å². The highest BCUT2D eigenvalue weighted by Crippen LogP contribution is 2.33. The zero-order valence-corrected chi connectivity index (χ0v) is 24.7. The molecule has 226 valence electrons. The van der Waals surface area contributed by atoms with Crippen LogP contribution >= 0.6 is 11.8 Å². The van der Waals surface area contributed by atoms with Gasteiger partial charge in [0.05, 0.1) is 25.7 Å². The molecule has 1 amide bonds. The number of Topliss-reactive ketones (excluding diaryl/α,β-unsaturated/α-hetero) is 3. The van der Waals surface area contributed by atoms with Crippen molar-refractivity contribution < 1.29 is 37.8 Å². The summed E-state index contributed by atoms with van der Waals surface area (Å²) in [5, 5.41) is 2.45. The fraction of sp³-hybridized carbons (Fsp3) is 0.645. The average Bonchev–Trinajstić information content (AvgIpc) is 3.44. The van der Waals surface area contributed by atoms with Crippen molar-refractivity contribution in [3.8, 4) is 0 Å². The molecule has 8 nitrogen and oxygen atoms in total. The van der Waals surface area contributed by atoms with Crippen LogP contribution in [0.3, 0.4) is 0 Å². The third-order valence-electron chi connectivity index (χ3n) is 7.69. The molecule has 2 fully saturated rings. The minimum atomic E-state index is -0.761. The second kappa shape index (κ2) is 17.5. The van der Waals surface area contributed by atoms with Gasteiger partial charge < -0.3 is 19.6 Å². The summed E-state index contributed by atoms with van der Waals surface area (Å²) < 4.78 is 24.9. The van der Waals surface area contributed by atoms with E-state index in [1.54, 1.807) is 12.1 Å². The van der Waals surface area contributed by atoms with Gasteiger partial charge in [0.2, 0.25) is 5.91 Å². The molecule has 1 saturated heterocycles.